The van der Waals surface area contributed by atoms with Crippen molar-refractivity contribution in [2.75, 3.05) is 6.54 Å². The van der Waals surface area contributed by atoms with E-state index in [0.717, 1.165) is 38.6 Å². The highest BCUT2D eigenvalue weighted by molar-refractivity contribution is 5.85. The number of amides is 1. The van der Waals surface area contributed by atoms with Crippen LogP contribution in [0.25, 0.3) is 0 Å². The highest BCUT2D eigenvalue weighted by atomic mass is 16.5. The van der Waals surface area contributed by atoms with E-state index in [1.165, 1.54) is 11.1 Å². The number of hydrogen-bond donors (Lipinski definition) is 0. The van der Waals surface area contributed by atoms with Crippen molar-refractivity contribution in [2.45, 2.75) is 51.0 Å². The maximum Gasteiger partial charge on any atom is 0.230 e. The van der Waals surface area contributed by atoms with E-state index in [0.29, 0.717) is 11.7 Å². The summed E-state index contributed by atoms with van der Waals surface area (Å²) in [5, 5.41) is 4.09. The first-order chi connectivity index (χ1) is 11.3. The fraction of sp³-hybridized carbons (Fsp3) is 0.500. The third-order valence-corrected chi connectivity index (χ3v) is 5.05. The van der Waals surface area contributed by atoms with Crippen molar-refractivity contribution in [3.05, 3.63) is 47.1 Å². The van der Waals surface area contributed by atoms with E-state index < -0.39 is 0 Å². The van der Waals surface area contributed by atoms with Crippen LogP contribution in [-0.2, 0) is 17.6 Å². The number of aromatic nitrogens is 2. The van der Waals surface area contributed by atoms with Gasteiger partial charge in [0.2, 0.25) is 11.8 Å². The summed E-state index contributed by atoms with van der Waals surface area (Å²) in [4.78, 5) is 19.5. The van der Waals surface area contributed by atoms with Crippen molar-refractivity contribution in [1.82, 2.24) is 15.0 Å². The van der Waals surface area contributed by atoms with Gasteiger partial charge in [0.05, 0.1) is 12.0 Å². The predicted molar refractivity (Wildman–Crippen MR) is 84.9 cm³/mol. The molecular formula is C18H21N3O2. The van der Waals surface area contributed by atoms with E-state index in [9.17, 15) is 4.79 Å². The van der Waals surface area contributed by atoms with Crippen molar-refractivity contribution >= 4 is 5.91 Å². The SMILES string of the molecule is CCc1nc([C@@H]2CCCN2C(=O)[C@H]2CCc3ccccc32)no1. The molecule has 2 aromatic rings. The van der Waals surface area contributed by atoms with E-state index in [2.05, 4.69) is 28.3 Å². The van der Waals surface area contributed by atoms with Crippen LogP contribution in [0.3, 0.4) is 0 Å². The van der Waals surface area contributed by atoms with Gasteiger partial charge < -0.3 is 9.42 Å². The van der Waals surface area contributed by atoms with Crippen LogP contribution in [0.1, 0.15) is 61.0 Å². The smallest absolute Gasteiger partial charge is 0.230 e. The second-order valence-corrected chi connectivity index (χ2v) is 6.38. The zero-order chi connectivity index (χ0) is 15.8. The minimum Gasteiger partial charge on any atom is -0.339 e. The lowest BCUT2D eigenvalue weighted by Crippen LogP contribution is -2.34. The number of benzene rings is 1. The second kappa shape index (κ2) is 5.80. The number of carbonyl (C=O) groups is 1. The zero-order valence-corrected chi connectivity index (χ0v) is 13.4. The van der Waals surface area contributed by atoms with Crippen molar-refractivity contribution in [3.63, 3.8) is 0 Å². The summed E-state index contributed by atoms with van der Waals surface area (Å²) in [7, 11) is 0. The van der Waals surface area contributed by atoms with Gasteiger partial charge in [-0.05, 0) is 36.8 Å². The molecule has 120 valence electrons. The predicted octanol–water partition coefficient (Wildman–Crippen LogP) is 3.03. The first-order valence-corrected chi connectivity index (χ1v) is 8.48. The minimum absolute atomic E-state index is 0.00986. The largest absolute Gasteiger partial charge is 0.339 e. The molecule has 1 fully saturated rings. The Bertz CT molecular complexity index is 725. The molecule has 0 bridgehead atoms. The van der Waals surface area contributed by atoms with E-state index in [1.54, 1.807) is 0 Å². The summed E-state index contributed by atoms with van der Waals surface area (Å²) in [6.45, 7) is 2.78. The van der Waals surface area contributed by atoms with E-state index in [4.69, 9.17) is 4.52 Å². The first-order valence-electron chi connectivity index (χ1n) is 8.48. The molecule has 5 nitrogen and oxygen atoms in total. The van der Waals surface area contributed by atoms with Gasteiger partial charge in [-0.15, -0.1) is 0 Å². The molecule has 2 aliphatic rings. The summed E-state index contributed by atoms with van der Waals surface area (Å²) in [5.74, 6) is 1.52. The number of nitrogens with zero attached hydrogens (tertiary/aromatic N) is 3. The maximum absolute atomic E-state index is 13.1. The summed E-state index contributed by atoms with van der Waals surface area (Å²) >= 11 is 0. The molecule has 0 radical (unpaired) electrons. The van der Waals surface area contributed by atoms with Gasteiger partial charge in [0.1, 0.15) is 0 Å². The van der Waals surface area contributed by atoms with Crippen molar-refractivity contribution < 1.29 is 9.32 Å². The molecule has 0 saturated carbocycles. The highest BCUT2D eigenvalue weighted by Crippen LogP contribution is 2.38. The molecular weight excluding hydrogens is 290 g/mol. The Labute approximate surface area is 135 Å². The second-order valence-electron chi connectivity index (χ2n) is 6.38. The fourth-order valence-corrected chi connectivity index (χ4v) is 3.86. The number of carbonyl (C=O) groups excluding carboxylic acids is 1. The molecule has 1 aromatic carbocycles. The number of fused-ring (bicyclic) bond motifs is 1. The summed E-state index contributed by atoms with van der Waals surface area (Å²) < 4.78 is 5.24. The van der Waals surface area contributed by atoms with Crippen LogP contribution in [0.2, 0.25) is 0 Å². The van der Waals surface area contributed by atoms with Gasteiger partial charge in [0.15, 0.2) is 5.82 Å². The van der Waals surface area contributed by atoms with Gasteiger partial charge >= 0.3 is 0 Å². The molecule has 1 saturated heterocycles. The molecule has 2 heterocycles. The van der Waals surface area contributed by atoms with E-state index in [1.807, 2.05) is 17.9 Å². The normalized spacial score (nSPS) is 23.3. The average molecular weight is 311 g/mol. The van der Waals surface area contributed by atoms with Crippen LogP contribution < -0.4 is 0 Å². The number of rotatable bonds is 3. The highest BCUT2D eigenvalue weighted by Gasteiger charge is 2.38. The standard InChI is InChI=1S/C18H21N3O2/c1-2-16-19-17(20-23-16)15-8-5-11-21(15)18(22)14-10-9-12-6-3-4-7-13(12)14/h3-4,6-7,14-15H,2,5,8-11H2,1H3/t14-,15-/m0/s1. The van der Waals surface area contributed by atoms with Gasteiger partial charge in [0, 0.05) is 13.0 Å². The summed E-state index contributed by atoms with van der Waals surface area (Å²) in [5.41, 5.74) is 2.51. The van der Waals surface area contributed by atoms with Gasteiger partial charge in [0.25, 0.3) is 0 Å². The van der Waals surface area contributed by atoms with Crippen molar-refractivity contribution in [2.24, 2.45) is 0 Å². The molecule has 0 spiro atoms. The van der Waals surface area contributed by atoms with Crippen molar-refractivity contribution in [3.8, 4) is 0 Å². The Morgan fingerprint density at radius 3 is 3.04 bits per heavy atom. The molecule has 1 aromatic heterocycles. The fourth-order valence-electron chi connectivity index (χ4n) is 3.86. The number of likely N-dealkylation sites (tertiary alicyclic amines) is 1. The third kappa shape index (κ3) is 2.44. The van der Waals surface area contributed by atoms with Gasteiger partial charge in [-0.1, -0.05) is 36.3 Å². The maximum atomic E-state index is 13.1. The monoisotopic (exact) mass is 311 g/mol. The third-order valence-electron chi connectivity index (χ3n) is 5.05. The number of hydrogen-bond acceptors (Lipinski definition) is 4. The molecule has 1 aliphatic carbocycles. The van der Waals surface area contributed by atoms with E-state index >= 15 is 0 Å². The van der Waals surface area contributed by atoms with Crippen LogP contribution >= 0.6 is 0 Å². The van der Waals surface area contributed by atoms with Crippen LogP contribution in [-0.4, -0.2) is 27.5 Å². The van der Waals surface area contributed by atoms with Gasteiger partial charge in [-0.2, -0.15) is 4.98 Å². The lowest BCUT2D eigenvalue weighted by atomic mass is 9.99. The van der Waals surface area contributed by atoms with Crippen LogP contribution in [0.15, 0.2) is 28.8 Å². The molecule has 23 heavy (non-hydrogen) atoms. The lowest BCUT2D eigenvalue weighted by molar-refractivity contribution is -0.133. The van der Waals surface area contributed by atoms with Gasteiger partial charge in [-0.25, -0.2) is 0 Å². The summed E-state index contributed by atoms with van der Waals surface area (Å²) in [6, 6.07) is 8.28. The molecule has 2 atom stereocenters. The van der Waals surface area contributed by atoms with Crippen LogP contribution in [0, 0.1) is 0 Å². The van der Waals surface area contributed by atoms with E-state index in [-0.39, 0.29) is 17.9 Å². The molecule has 5 heteroatoms. The molecule has 0 N–H and O–H groups in total. The van der Waals surface area contributed by atoms with Crippen LogP contribution in [0.4, 0.5) is 0 Å². The molecule has 1 aliphatic heterocycles. The zero-order valence-electron chi connectivity index (χ0n) is 13.4. The molecule has 1 amide bonds. The van der Waals surface area contributed by atoms with Crippen molar-refractivity contribution in [1.29, 1.82) is 0 Å². The molecule has 4 rings (SSSR count). The summed E-state index contributed by atoms with van der Waals surface area (Å²) in [6.07, 6.45) is 4.55. The average Bonchev–Trinajstić information content (AvgIpc) is 3.31. The Morgan fingerprint density at radius 2 is 2.22 bits per heavy atom. The van der Waals surface area contributed by atoms with Crippen LogP contribution in [0.5, 0.6) is 0 Å². The number of aryl methyl sites for hydroxylation is 2. The Hall–Kier alpha value is -2.17. The Morgan fingerprint density at radius 1 is 1.35 bits per heavy atom. The Balaban J connectivity index is 1.58. The lowest BCUT2D eigenvalue weighted by Gasteiger charge is -2.25. The minimum atomic E-state index is -0.0284. The molecule has 0 unspecified atom stereocenters. The topological polar surface area (TPSA) is 59.2 Å². The Kier molecular flexibility index (Phi) is 3.63. The van der Waals surface area contributed by atoms with Gasteiger partial charge in [-0.3, -0.25) is 4.79 Å². The first kappa shape index (κ1) is 14.4. The quantitative estimate of drug-likeness (QED) is 0.874.